The Labute approximate surface area is 158 Å². The van der Waals surface area contributed by atoms with Gasteiger partial charge in [-0.1, -0.05) is 17.4 Å². The number of thiazole rings is 2. The monoisotopic (exact) mass is 389 g/mol. The van der Waals surface area contributed by atoms with Crippen molar-refractivity contribution in [3.8, 4) is 0 Å². The van der Waals surface area contributed by atoms with Crippen LogP contribution in [-0.4, -0.2) is 28.0 Å². The summed E-state index contributed by atoms with van der Waals surface area (Å²) in [6.07, 6.45) is 0. The van der Waals surface area contributed by atoms with Gasteiger partial charge in [0, 0.05) is 0 Å². The van der Waals surface area contributed by atoms with Gasteiger partial charge in [0.1, 0.15) is 11.4 Å². The number of amides is 1. The number of hydrogen-bond donors (Lipinski definition) is 0. The zero-order valence-electron chi connectivity index (χ0n) is 15.0. The molecule has 0 atom stereocenters. The van der Waals surface area contributed by atoms with Gasteiger partial charge in [0.25, 0.3) is 5.91 Å². The van der Waals surface area contributed by atoms with Crippen molar-refractivity contribution < 1.29 is 14.3 Å². The minimum Gasteiger partial charge on any atom is -0.465 e. The highest BCUT2D eigenvalue weighted by atomic mass is 32.1. The van der Waals surface area contributed by atoms with Crippen LogP contribution in [0.3, 0.4) is 0 Å². The lowest BCUT2D eigenvalue weighted by Crippen LogP contribution is -2.23. The summed E-state index contributed by atoms with van der Waals surface area (Å²) in [5, 5.41) is 0.826. The van der Waals surface area contributed by atoms with Crippen molar-refractivity contribution in [1.82, 2.24) is 9.55 Å². The van der Waals surface area contributed by atoms with Gasteiger partial charge in [-0.2, -0.15) is 4.99 Å². The minimum atomic E-state index is -0.355. The van der Waals surface area contributed by atoms with Crippen LogP contribution in [0, 0.1) is 20.8 Å². The zero-order valence-corrected chi connectivity index (χ0v) is 16.7. The van der Waals surface area contributed by atoms with E-state index in [9.17, 15) is 9.59 Å². The van der Waals surface area contributed by atoms with Crippen molar-refractivity contribution in [3.63, 3.8) is 0 Å². The summed E-state index contributed by atoms with van der Waals surface area (Å²) in [4.78, 5) is 34.2. The molecule has 0 saturated carbocycles. The Balaban J connectivity index is 2.12. The summed E-state index contributed by atoms with van der Waals surface area (Å²) < 4.78 is 7.77. The molecule has 0 spiro atoms. The second kappa shape index (κ2) is 7.51. The predicted octanol–water partition coefficient (Wildman–Crippen LogP) is 3.39. The Morgan fingerprint density at radius 3 is 2.65 bits per heavy atom. The predicted molar refractivity (Wildman–Crippen MR) is 103 cm³/mol. The second-order valence-corrected chi connectivity index (χ2v) is 8.02. The van der Waals surface area contributed by atoms with E-state index in [1.807, 2.05) is 32.0 Å². The van der Waals surface area contributed by atoms with E-state index in [-0.39, 0.29) is 18.4 Å². The highest BCUT2D eigenvalue weighted by Crippen LogP contribution is 2.21. The summed E-state index contributed by atoms with van der Waals surface area (Å²) in [6, 6.07) is 5.93. The maximum Gasteiger partial charge on any atom is 0.326 e. The van der Waals surface area contributed by atoms with E-state index in [4.69, 9.17) is 4.74 Å². The largest absolute Gasteiger partial charge is 0.465 e. The molecule has 0 N–H and O–H groups in total. The van der Waals surface area contributed by atoms with Gasteiger partial charge < -0.3 is 9.30 Å². The molecular formula is C18H19N3O3S2. The molecule has 3 rings (SSSR count). The van der Waals surface area contributed by atoms with Crippen LogP contribution in [0.15, 0.2) is 23.2 Å². The van der Waals surface area contributed by atoms with E-state index >= 15 is 0 Å². The third-order valence-electron chi connectivity index (χ3n) is 3.73. The number of esters is 1. The number of carbonyl (C=O) groups is 2. The van der Waals surface area contributed by atoms with Crippen LogP contribution in [-0.2, 0) is 16.1 Å². The molecule has 0 aliphatic carbocycles. The quantitative estimate of drug-likeness (QED) is 0.641. The van der Waals surface area contributed by atoms with Crippen LogP contribution < -0.4 is 4.80 Å². The van der Waals surface area contributed by atoms with Crippen LogP contribution in [0.1, 0.15) is 32.9 Å². The van der Waals surface area contributed by atoms with Crippen molar-refractivity contribution >= 4 is 44.8 Å². The summed E-state index contributed by atoms with van der Waals surface area (Å²) in [5.41, 5.74) is 2.64. The number of benzene rings is 1. The first-order valence-electron chi connectivity index (χ1n) is 8.17. The van der Waals surface area contributed by atoms with Crippen molar-refractivity contribution in [2.75, 3.05) is 6.61 Å². The SMILES string of the molecule is CCOC(=O)Cn1c(=NC(=O)c2sc(C)nc2C)sc2cc(C)ccc21. The molecule has 1 amide bonds. The fraction of sp³-hybridized carbons (Fsp3) is 0.333. The molecule has 26 heavy (non-hydrogen) atoms. The lowest BCUT2D eigenvalue weighted by molar-refractivity contribution is -0.143. The molecule has 2 aromatic heterocycles. The third kappa shape index (κ3) is 3.76. The molecule has 0 unspecified atom stereocenters. The second-order valence-electron chi connectivity index (χ2n) is 5.81. The van der Waals surface area contributed by atoms with Crippen LogP contribution in [0.2, 0.25) is 0 Å². The van der Waals surface area contributed by atoms with Crippen molar-refractivity contribution in [2.45, 2.75) is 34.2 Å². The van der Waals surface area contributed by atoms with E-state index in [1.54, 1.807) is 18.4 Å². The van der Waals surface area contributed by atoms with Crippen molar-refractivity contribution in [3.05, 3.63) is 44.1 Å². The molecule has 0 aliphatic rings. The minimum absolute atomic E-state index is 0.0176. The number of hydrogen-bond acceptors (Lipinski definition) is 6. The van der Waals surface area contributed by atoms with Gasteiger partial charge in [0.15, 0.2) is 4.80 Å². The number of rotatable bonds is 4. The normalized spacial score (nSPS) is 11.9. The number of aryl methyl sites for hydroxylation is 3. The molecule has 0 radical (unpaired) electrons. The summed E-state index contributed by atoms with van der Waals surface area (Å²) >= 11 is 2.71. The molecule has 2 heterocycles. The highest BCUT2D eigenvalue weighted by molar-refractivity contribution is 7.16. The Hall–Kier alpha value is -2.32. The number of ether oxygens (including phenoxy) is 1. The van der Waals surface area contributed by atoms with Crippen LogP contribution in [0.25, 0.3) is 10.2 Å². The Morgan fingerprint density at radius 2 is 2.00 bits per heavy atom. The molecule has 3 aromatic rings. The Morgan fingerprint density at radius 1 is 1.23 bits per heavy atom. The van der Waals surface area contributed by atoms with Gasteiger partial charge in [0.05, 0.1) is 27.5 Å². The fourth-order valence-electron chi connectivity index (χ4n) is 2.62. The summed E-state index contributed by atoms with van der Waals surface area (Å²) in [5.74, 6) is -0.694. The smallest absolute Gasteiger partial charge is 0.326 e. The molecule has 136 valence electrons. The van der Waals surface area contributed by atoms with Crippen LogP contribution in [0.4, 0.5) is 0 Å². The van der Waals surface area contributed by atoms with Gasteiger partial charge in [-0.25, -0.2) is 4.98 Å². The fourth-order valence-corrected chi connectivity index (χ4v) is 4.55. The zero-order chi connectivity index (χ0) is 18.8. The van der Waals surface area contributed by atoms with E-state index in [0.29, 0.717) is 22.0 Å². The maximum atomic E-state index is 12.6. The lowest BCUT2D eigenvalue weighted by atomic mass is 10.2. The summed E-state index contributed by atoms with van der Waals surface area (Å²) in [6.45, 7) is 7.75. The van der Waals surface area contributed by atoms with Gasteiger partial charge in [0.2, 0.25) is 0 Å². The highest BCUT2D eigenvalue weighted by Gasteiger charge is 2.16. The number of carbonyl (C=O) groups excluding carboxylic acids is 2. The van der Waals surface area contributed by atoms with Gasteiger partial charge in [-0.3, -0.25) is 9.59 Å². The first-order valence-corrected chi connectivity index (χ1v) is 9.81. The van der Waals surface area contributed by atoms with E-state index < -0.39 is 0 Å². The topological polar surface area (TPSA) is 73.6 Å². The van der Waals surface area contributed by atoms with Crippen molar-refractivity contribution in [2.24, 2.45) is 4.99 Å². The van der Waals surface area contributed by atoms with E-state index in [2.05, 4.69) is 9.98 Å². The molecule has 0 fully saturated rings. The van der Waals surface area contributed by atoms with E-state index in [1.165, 1.54) is 22.7 Å². The first-order chi connectivity index (χ1) is 12.4. The standard InChI is InChI=1S/C18H19N3O3S2/c1-5-24-15(22)9-21-13-7-6-10(2)8-14(13)26-18(21)20-17(23)16-11(3)19-12(4)25-16/h6-8H,5,9H2,1-4H3. The molecular weight excluding hydrogens is 370 g/mol. The number of fused-ring (bicyclic) bond motifs is 1. The summed E-state index contributed by atoms with van der Waals surface area (Å²) in [7, 11) is 0. The Bertz CT molecular complexity index is 1060. The van der Waals surface area contributed by atoms with Gasteiger partial charge in [-0.15, -0.1) is 11.3 Å². The van der Waals surface area contributed by atoms with Gasteiger partial charge in [-0.05, 0) is 45.4 Å². The molecule has 6 nitrogen and oxygen atoms in total. The maximum absolute atomic E-state index is 12.6. The molecule has 0 bridgehead atoms. The number of nitrogens with zero attached hydrogens (tertiary/aromatic N) is 3. The molecule has 0 saturated heterocycles. The molecule has 8 heteroatoms. The van der Waals surface area contributed by atoms with Gasteiger partial charge >= 0.3 is 5.97 Å². The molecule has 0 aliphatic heterocycles. The van der Waals surface area contributed by atoms with Crippen LogP contribution >= 0.6 is 22.7 Å². The average molecular weight is 390 g/mol. The first kappa shape index (κ1) is 18.5. The van der Waals surface area contributed by atoms with Crippen molar-refractivity contribution in [1.29, 1.82) is 0 Å². The Kier molecular flexibility index (Phi) is 5.33. The van der Waals surface area contributed by atoms with Crippen LogP contribution in [0.5, 0.6) is 0 Å². The average Bonchev–Trinajstić information content (AvgIpc) is 3.07. The third-order valence-corrected chi connectivity index (χ3v) is 5.83. The molecule has 1 aromatic carbocycles. The van der Waals surface area contributed by atoms with E-state index in [0.717, 1.165) is 20.8 Å². The lowest BCUT2D eigenvalue weighted by Gasteiger charge is -2.05. The number of aromatic nitrogens is 2.